The summed E-state index contributed by atoms with van der Waals surface area (Å²) in [6, 6.07) is 2.51. The second-order valence-corrected chi connectivity index (χ2v) is 3.72. The molecule has 0 aliphatic carbocycles. The number of anilines is 1. The van der Waals surface area contributed by atoms with Crippen LogP contribution in [-0.2, 0) is 0 Å². The zero-order chi connectivity index (χ0) is 14.7. The van der Waals surface area contributed by atoms with Gasteiger partial charge in [-0.1, -0.05) is 0 Å². The standard InChI is InChI=1S/C12H8F3N3O2/c13-8-5-10(15)11(6-9(8)14)17-12(19)16-7-1-3-18(20)4-2-7/h1-6,20H,(H,17,19). The minimum absolute atomic E-state index is 0.191. The van der Waals surface area contributed by atoms with Gasteiger partial charge in [0.15, 0.2) is 11.6 Å². The third kappa shape index (κ3) is 3.16. The number of carbonyl (C=O) groups excluding carboxylic acids is 1. The molecule has 0 saturated heterocycles. The smallest absolute Gasteiger partial charge is 0.346 e. The first-order valence-electron chi connectivity index (χ1n) is 5.33. The van der Waals surface area contributed by atoms with E-state index in [0.717, 1.165) is 4.73 Å². The Morgan fingerprint density at radius 3 is 2.35 bits per heavy atom. The average Bonchev–Trinajstić information content (AvgIpc) is 2.39. The minimum Gasteiger partial charge on any atom is -0.429 e. The first kappa shape index (κ1) is 13.7. The van der Waals surface area contributed by atoms with Crippen molar-refractivity contribution in [3.8, 4) is 0 Å². The van der Waals surface area contributed by atoms with Crippen LogP contribution in [0.3, 0.4) is 0 Å². The fraction of sp³-hybridized carbons (Fsp3) is 0. The van der Waals surface area contributed by atoms with Crippen LogP contribution in [0.4, 0.5) is 23.7 Å². The summed E-state index contributed by atoms with van der Waals surface area (Å²) in [4.78, 5) is 15.0. The van der Waals surface area contributed by atoms with Crippen molar-refractivity contribution in [1.29, 1.82) is 0 Å². The number of nitrogens with one attached hydrogen (secondary N) is 1. The quantitative estimate of drug-likeness (QED) is 0.623. The lowest BCUT2D eigenvalue weighted by atomic mass is 10.3. The van der Waals surface area contributed by atoms with E-state index in [1.54, 1.807) is 0 Å². The number of aromatic nitrogens is 1. The second kappa shape index (κ2) is 5.47. The van der Waals surface area contributed by atoms with E-state index in [1.165, 1.54) is 24.5 Å². The summed E-state index contributed by atoms with van der Waals surface area (Å²) in [5.74, 6) is -3.76. The van der Waals surface area contributed by atoms with Gasteiger partial charge in [-0.05, 0) is 12.1 Å². The lowest BCUT2D eigenvalue weighted by Gasteiger charge is -2.04. The molecule has 1 aromatic carbocycles. The van der Waals surface area contributed by atoms with Crippen LogP contribution in [0.25, 0.3) is 0 Å². The van der Waals surface area contributed by atoms with Crippen LogP contribution in [0.15, 0.2) is 41.7 Å². The van der Waals surface area contributed by atoms with E-state index in [9.17, 15) is 18.0 Å². The van der Waals surface area contributed by atoms with E-state index in [0.29, 0.717) is 12.1 Å². The Kier molecular flexibility index (Phi) is 3.74. The number of rotatable bonds is 1. The number of hydrogen-bond donors (Lipinski definition) is 2. The van der Waals surface area contributed by atoms with Gasteiger partial charge < -0.3 is 10.5 Å². The van der Waals surface area contributed by atoms with Crippen molar-refractivity contribution in [3.63, 3.8) is 0 Å². The summed E-state index contributed by atoms with van der Waals surface area (Å²) < 4.78 is 39.7. The first-order chi connectivity index (χ1) is 9.45. The van der Waals surface area contributed by atoms with Gasteiger partial charge in [-0.25, -0.2) is 22.7 Å². The zero-order valence-corrected chi connectivity index (χ0v) is 9.85. The molecular formula is C12H8F3N3O2. The van der Waals surface area contributed by atoms with Crippen LogP contribution in [0.5, 0.6) is 0 Å². The SMILES string of the molecule is O=C(N=c1ccn(O)cc1)Nc1cc(F)c(F)cc1F. The van der Waals surface area contributed by atoms with E-state index < -0.39 is 29.2 Å². The summed E-state index contributed by atoms with van der Waals surface area (Å²) in [7, 11) is 0. The molecule has 20 heavy (non-hydrogen) atoms. The summed E-state index contributed by atoms with van der Waals surface area (Å²) in [6.07, 6.45) is 2.45. The molecule has 0 spiro atoms. The van der Waals surface area contributed by atoms with E-state index in [1.807, 2.05) is 5.32 Å². The van der Waals surface area contributed by atoms with Crippen molar-refractivity contribution < 1.29 is 23.2 Å². The van der Waals surface area contributed by atoms with Crippen molar-refractivity contribution in [1.82, 2.24) is 4.73 Å². The van der Waals surface area contributed by atoms with Gasteiger partial charge in [0.05, 0.1) is 11.0 Å². The molecule has 0 saturated carbocycles. The van der Waals surface area contributed by atoms with Gasteiger partial charge in [0.25, 0.3) is 0 Å². The molecule has 0 unspecified atom stereocenters. The molecule has 0 aliphatic heterocycles. The average molecular weight is 283 g/mol. The van der Waals surface area contributed by atoms with E-state index in [2.05, 4.69) is 4.99 Å². The highest BCUT2D eigenvalue weighted by atomic mass is 19.2. The van der Waals surface area contributed by atoms with Crippen molar-refractivity contribution in [3.05, 3.63) is 59.5 Å². The number of benzene rings is 1. The van der Waals surface area contributed by atoms with Crippen LogP contribution in [0, 0.1) is 17.5 Å². The zero-order valence-electron chi connectivity index (χ0n) is 9.85. The molecule has 0 radical (unpaired) electrons. The van der Waals surface area contributed by atoms with Gasteiger partial charge >= 0.3 is 6.03 Å². The molecular weight excluding hydrogens is 275 g/mol. The van der Waals surface area contributed by atoms with Crippen molar-refractivity contribution in [2.24, 2.45) is 4.99 Å². The molecule has 2 aromatic rings. The monoisotopic (exact) mass is 283 g/mol. The number of carbonyl (C=O) groups is 1. The second-order valence-electron chi connectivity index (χ2n) is 3.72. The molecule has 2 amide bonds. The number of halogens is 3. The maximum Gasteiger partial charge on any atom is 0.346 e. The largest absolute Gasteiger partial charge is 0.429 e. The molecule has 0 fully saturated rings. The summed E-state index contributed by atoms with van der Waals surface area (Å²) >= 11 is 0. The minimum atomic E-state index is -1.35. The highest BCUT2D eigenvalue weighted by Crippen LogP contribution is 2.18. The van der Waals surface area contributed by atoms with Gasteiger partial charge in [-0.15, -0.1) is 0 Å². The van der Waals surface area contributed by atoms with Crippen molar-refractivity contribution >= 4 is 11.7 Å². The van der Waals surface area contributed by atoms with Gasteiger partial charge in [-0.2, -0.15) is 4.99 Å². The Labute approximate surface area is 110 Å². The molecule has 104 valence electrons. The topological polar surface area (TPSA) is 66.6 Å². The molecule has 8 heteroatoms. The summed E-state index contributed by atoms with van der Waals surface area (Å²) in [6.45, 7) is 0. The lowest BCUT2D eigenvalue weighted by Crippen LogP contribution is -2.14. The highest BCUT2D eigenvalue weighted by Gasteiger charge is 2.11. The maximum absolute atomic E-state index is 13.3. The molecule has 0 bridgehead atoms. The van der Waals surface area contributed by atoms with E-state index >= 15 is 0 Å². The third-order valence-corrected chi connectivity index (χ3v) is 2.28. The normalized spacial score (nSPS) is 10.2. The summed E-state index contributed by atoms with van der Waals surface area (Å²) in [5.41, 5.74) is -0.522. The molecule has 2 rings (SSSR count). The van der Waals surface area contributed by atoms with Crippen LogP contribution in [0.1, 0.15) is 0 Å². The van der Waals surface area contributed by atoms with Crippen molar-refractivity contribution in [2.45, 2.75) is 0 Å². The summed E-state index contributed by atoms with van der Waals surface area (Å²) in [5, 5.41) is 11.1. The van der Waals surface area contributed by atoms with Crippen LogP contribution < -0.4 is 10.7 Å². The van der Waals surface area contributed by atoms with Crippen molar-refractivity contribution in [2.75, 3.05) is 5.32 Å². The molecule has 0 aliphatic rings. The predicted molar refractivity (Wildman–Crippen MR) is 62.5 cm³/mol. The van der Waals surface area contributed by atoms with E-state index in [-0.39, 0.29) is 5.36 Å². The van der Waals surface area contributed by atoms with Crippen LogP contribution in [-0.4, -0.2) is 16.0 Å². The Hall–Kier alpha value is -2.77. The number of pyridine rings is 1. The Morgan fingerprint density at radius 1 is 1.10 bits per heavy atom. The molecule has 1 aromatic heterocycles. The fourth-order valence-electron chi connectivity index (χ4n) is 1.36. The number of amides is 2. The highest BCUT2D eigenvalue weighted by molar-refractivity contribution is 5.90. The fourth-order valence-corrected chi connectivity index (χ4v) is 1.36. The van der Waals surface area contributed by atoms with Crippen LogP contribution >= 0.6 is 0 Å². The Bertz CT molecular complexity index is 708. The van der Waals surface area contributed by atoms with Gasteiger partial charge in [-0.3, -0.25) is 0 Å². The Morgan fingerprint density at radius 2 is 1.70 bits per heavy atom. The third-order valence-electron chi connectivity index (χ3n) is 2.28. The number of hydrogen-bond acceptors (Lipinski definition) is 2. The van der Waals surface area contributed by atoms with Gasteiger partial charge in [0.1, 0.15) is 5.82 Å². The Balaban J connectivity index is 2.22. The van der Waals surface area contributed by atoms with Gasteiger partial charge in [0.2, 0.25) is 0 Å². The molecule has 1 heterocycles. The first-order valence-corrected chi connectivity index (χ1v) is 5.33. The maximum atomic E-state index is 13.3. The molecule has 2 N–H and O–H groups in total. The van der Waals surface area contributed by atoms with Gasteiger partial charge in [0, 0.05) is 24.5 Å². The van der Waals surface area contributed by atoms with Crippen LogP contribution in [0.2, 0.25) is 0 Å². The molecule has 5 nitrogen and oxygen atoms in total. The number of urea groups is 1. The van der Waals surface area contributed by atoms with E-state index in [4.69, 9.17) is 5.21 Å². The number of nitrogens with zero attached hydrogens (tertiary/aromatic N) is 2. The molecule has 0 atom stereocenters. The predicted octanol–water partition coefficient (Wildman–Crippen LogP) is 2.28. The lowest BCUT2D eigenvalue weighted by molar-refractivity contribution is 0.184.